The number of hydrogen-bond donors (Lipinski definition) is 1. The number of aryl methyl sites for hydroxylation is 1. The third-order valence-electron chi connectivity index (χ3n) is 3.90. The minimum atomic E-state index is -0.382. The van der Waals surface area contributed by atoms with Crippen LogP contribution in [0.2, 0.25) is 0 Å². The van der Waals surface area contributed by atoms with Gasteiger partial charge in [0.25, 0.3) is 0 Å². The van der Waals surface area contributed by atoms with E-state index in [2.05, 4.69) is 4.98 Å². The molecule has 0 radical (unpaired) electrons. The van der Waals surface area contributed by atoms with Crippen molar-refractivity contribution >= 4 is 17.0 Å². The van der Waals surface area contributed by atoms with Crippen LogP contribution in [0.3, 0.4) is 0 Å². The molecule has 0 saturated carbocycles. The molecule has 0 aliphatic carbocycles. The molecule has 3 rings (SSSR count). The number of H-pyrrole nitrogens is 1. The first-order chi connectivity index (χ1) is 12.5. The van der Waals surface area contributed by atoms with Gasteiger partial charge in [-0.25, -0.2) is 9.59 Å². The Morgan fingerprint density at radius 2 is 1.85 bits per heavy atom. The van der Waals surface area contributed by atoms with Gasteiger partial charge in [0.05, 0.1) is 29.3 Å². The molecule has 0 unspecified atom stereocenters. The highest BCUT2D eigenvalue weighted by atomic mass is 16.5. The van der Waals surface area contributed by atoms with Crippen LogP contribution in [0.1, 0.15) is 30.6 Å². The number of nitrogens with one attached hydrogen (secondary N) is 1. The van der Waals surface area contributed by atoms with Gasteiger partial charge in [0, 0.05) is 6.54 Å². The molecule has 3 aromatic rings. The Bertz CT molecular complexity index is 938. The smallest absolute Gasteiger partial charge is 0.338 e. The molecule has 136 valence electrons. The second kappa shape index (κ2) is 7.91. The minimum Gasteiger partial charge on any atom is -0.491 e. The Balaban J connectivity index is 1.52. The fourth-order valence-electron chi connectivity index (χ4n) is 2.74. The molecule has 1 heterocycles. The van der Waals surface area contributed by atoms with Crippen LogP contribution in [0.5, 0.6) is 5.75 Å². The summed E-state index contributed by atoms with van der Waals surface area (Å²) < 4.78 is 12.5. The van der Waals surface area contributed by atoms with Crippen molar-refractivity contribution < 1.29 is 14.3 Å². The lowest BCUT2D eigenvalue weighted by atomic mass is 10.2. The second-order valence-electron chi connectivity index (χ2n) is 6.28. The number of benzene rings is 2. The van der Waals surface area contributed by atoms with Crippen LogP contribution in [-0.4, -0.2) is 28.2 Å². The van der Waals surface area contributed by atoms with Crippen LogP contribution in [0, 0.1) is 0 Å². The van der Waals surface area contributed by atoms with Crippen LogP contribution in [0.15, 0.2) is 53.3 Å². The van der Waals surface area contributed by atoms with Crippen molar-refractivity contribution in [2.75, 3.05) is 6.61 Å². The van der Waals surface area contributed by atoms with Gasteiger partial charge in [-0.2, -0.15) is 0 Å². The van der Waals surface area contributed by atoms with Crippen molar-refractivity contribution in [2.24, 2.45) is 0 Å². The summed E-state index contributed by atoms with van der Waals surface area (Å²) in [5.41, 5.74) is 1.98. The molecule has 0 spiro atoms. The summed E-state index contributed by atoms with van der Waals surface area (Å²) in [6.45, 7) is 4.62. The third-order valence-corrected chi connectivity index (χ3v) is 3.90. The quantitative estimate of drug-likeness (QED) is 0.521. The van der Waals surface area contributed by atoms with Crippen molar-refractivity contribution in [1.82, 2.24) is 9.55 Å². The summed E-state index contributed by atoms with van der Waals surface area (Å²) in [5.74, 6) is 0.336. The topological polar surface area (TPSA) is 73.3 Å². The van der Waals surface area contributed by atoms with E-state index in [-0.39, 0.29) is 24.4 Å². The molecule has 6 nitrogen and oxygen atoms in total. The number of carbonyl (C=O) groups excluding carboxylic acids is 1. The van der Waals surface area contributed by atoms with E-state index in [1.807, 2.05) is 38.1 Å². The third kappa shape index (κ3) is 4.14. The van der Waals surface area contributed by atoms with E-state index >= 15 is 0 Å². The van der Waals surface area contributed by atoms with Gasteiger partial charge in [0.1, 0.15) is 5.75 Å². The molecule has 2 aromatic carbocycles. The van der Waals surface area contributed by atoms with Crippen molar-refractivity contribution in [1.29, 1.82) is 0 Å². The minimum absolute atomic E-state index is 0.0840. The molecule has 0 aliphatic heterocycles. The fourth-order valence-corrected chi connectivity index (χ4v) is 2.74. The van der Waals surface area contributed by atoms with E-state index in [1.54, 1.807) is 28.8 Å². The highest BCUT2D eigenvalue weighted by molar-refractivity contribution is 5.89. The van der Waals surface area contributed by atoms with E-state index in [9.17, 15) is 9.59 Å². The number of fused-ring (bicyclic) bond motifs is 1. The number of imidazole rings is 1. The molecule has 26 heavy (non-hydrogen) atoms. The van der Waals surface area contributed by atoms with E-state index in [0.29, 0.717) is 18.5 Å². The lowest BCUT2D eigenvalue weighted by Crippen LogP contribution is -2.18. The summed E-state index contributed by atoms with van der Waals surface area (Å²) in [6.07, 6.45) is 0.642. The number of hydrogen-bond acceptors (Lipinski definition) is 4. The fraction of sp³-hybridized carbons (Fsp3) is 0.300. The van der Waals surface area contributed by atoms with Crippen LogP contribution < -0.4 is 10.4 Å². The molecule has 1 aromatic heterocycles. The molecule has 0 fully saturated rings. The van der Waals surface area contributed by atoms with Gasteiger partial charge in [-0.1, -0.05) is 12.1 Å². The maximum Gasteiger partial charge on any atom is 0.338 e. The van der Waals surface area contributed by atoms with Gasteiger partial charge < -0.3 is 14.5 Å². The van der Waals surface area contributed by atoms with Crippen molar-refractivity contribution in [3.05, 3.63) is 64.6 Å². The molecule has 0 aliphatic rings. The first-order valence-electron chi connectivity index (χ1n) is 8.66. The molecular formula is C20H22N2O4. The number of nitrogens with zero attached hydrogens (tertiary/aromatic N) is 1. The van der Waals surface area contributed by atoms with Crippen LogP contribution in [0.4, 0.5) is 0 Å². The number of rotatable bonds is 7. The normalized spacial score (nSPS) is 11.0. The molecule has 0 saturated heterocycles. The number of esters is 1. The lowest BCUT2D eigenvalue weighted by Gasteiger charge is -2.10. The van der Waals surface area contributed by atoms with Gasteiger partial charge in [-0.15, -0.1) is 0 Å². The zero-order chi connectivity index (χ0) is 18.5. The Hall–Kier alpha value is -3.02. The molecule has 0 atom stereocenters. The monoisotopic (exact) mass is 354 g/mol. The molecule has 6 heteroatoms. The Morgan fingerprint density at radius 1 is 1.12 bits per heavy atom. The standard InChI is InChI=1S/C20H22N2O4/c1-14(2)26-16-10-8-15(9-11-16)19(23)25-13-5-12-22-18-7-4-3-6-17(18)21-20(22)24/h3-4,6-11,14H,5,12-13H2,1-2H3,(H,21,24). The summed E-state index contributed by atoms with van der Waals surface area (Å²) >= 11 is 0. The Kier molecular flexibility index (Phi) is 5.41. The van der Waals surface area contributed by atoms with Gasteiger partial charge >= 0.3 is 11.7 Å². The largest absolute Gasteiger partial charge is 0.491 e. The van der Waals surface area contributed by atoms with Gasteiger partial charge in [0.15, 0.2) is 0 Å². The highest BCUT2D eigenvalue weighted by Crippen LogP contribution is 2.15. The zero-order valence-corrected chi connectivity index (χ0v) is 14.9. The Labute approximate surface area is 151 Å². The number of carbonyl (C=O) groups is 1. The van der Waals surface area contributed by atoms with Crippen molar-refractivity contribution in [3.8, 4) is 5.75 Å². The molecule has 0 amide bonds. The Morgan fingerprint density at radius 3 is 2.58 bits per heavy atom. The average Bonchev–Trinajstić information content (AvgIpc) is 2.94. The molecule has 0 bridgehead atoms. The summed E-state index contributed by atoms with van der Waals surface area (Å²) in [7, 11) is 0. The first-order valence-corrected chi connectivity index (χ1v) is 8.66. The molecular weight excluding hydrogens is 332 g/mol. The lowest BCUT2D eigenvalue weighted by molar-refractivity contribution is 0.0496. The van der Waals surface area contributed by atoms with Crippen molar-refractivity contribution in [3.63, 3.8) is 0 Å². The van der Waals surface area contributed by atoms with E-state index in [1.165, 1.54) is 0 Å². The zero-order valence-electron chi connectivity index (χ0n) is 14.9. The summed E-state index contributed by atoms with van der Waals surface area (Å²) in [5, 5.41) is 0. The predicted octanol–water partition coefficient (Wildman–Crippen LogP) is 3.36. The highest BCUT2D eigenvalue weighted by Gasteiger charge is 2.09. The SMILES string of the molecule is CC(C)Oc1ccc(C(=O)OCCCn2c(=O)[nH]c3ccccc32)cc1. The number of ether oxygens (including phenoxy) is 2. The maximum absolute atomic E-state index is 12.1. The van der Waals surface area contributed by atoms with E-state index < -0.39 is 0 Å². The van der Waals surface area contributed by atoms with Gasteiger partial charge in [0.2, 0.25) is 0 Å². The van der Waals surface area contributed by atoms with E-state index in [4.69, 9.17) is 9.47 Å². The molecule has 1 N–H and O–H groups in total. The predicted molar refractivity (Wildman–Crippen MR) is 99.7 cm³/mol. The van der Waals surface area contributed by atoms with Gasteiger partial charge in [-0.05, 0) is 56.7 Å². The van der Waals surface area contributed by atoms with Gasteiger partial charge in [-0.3, -0.25) is 4.57 Å². The van der Waals surface area contributed by atoms with Crippen molar-refractivity contribution in [2.45, 2.75) is 32.9 Å². The number of aromatic amines is 1. The number of aromatic nitrogens is 2. The van der Waals surface area contributed by atoms with E-state index in [0.717, 1.165) is 16.8 Å². The first kappa shape index (κ1) is 17.8. The number of para-hydroxylation sites is 2. The van der Waals surface area contributed by atoms with Crippen LogP contribution >= 0.6 is 0 Å². The summed E-state index contributed by atoms with van der Waals surface area (Å²) in [4.78, 5) is 26.9. The average molecular weight is 354 g/mol. The maximum atomic E-state index is 12.1. The second-order valence-corrected chi connectivity index (χ2v) is 6.28. The van der Waals surface area contributed by atoms with Crippen LogP contribution in [0.25, 0.3) is 11.0 Å². The summed E-state index contributed by atoms with van der Waals surface area (Å²) in [6, 6.07) is 14.4. The van der Waals surface area contributed by atoms with Crippen LogP contribution in [-0.2, 0) is 11.3 Å².